The number of oxime groups is 1. The molecule has 1 aromatic carbocycles. The molecular formula is C28H35N3O8. The van der Waals surface area contributed by atoms with E-state index in [-0.39, 0.29) is 24.2 Å². The van der Waals surface area contributed by atoms with Gasteiger partial charge in [0.2, 0.25) is 5.91 Å². The molecule has 0 aromatic heterocycles. The number of phenolic OH excluding ortho intramolecular Hbond substituents is 1. The molecule has 11 nitrogen and oxygen atoms in total. The van der Waals surface area contributed by atoms with E-state index in [1.807, 2.05) is 20.8 Å². The molecule has 210 valence electrons. The molecule has 1 amide bonds. The summed E-state index contributed by atoms with van der Waals surface area (Å²) in [4.78, 5) is 73.2. The van der Waals surface area contributed by atoms with Gasteiger partial charge in [-0.25, -0.2) is 0 Å². The van der Waals surface area contributed by atoms with E-state index in [2.05, 4.69) is 5.16 Å². The van der Waals surface area contributed by atoms with Gasteiger partial charge in [0.05, 0.1) is 23.2 Å². The minimum absolute atomic E-state index is 0.0222. The van der Waals surface area contributed by atoms with Crippen LogP contribution in [0, 0.1) is 23.7 Å². The van der Waals surface area contributed by atoms with Gasteiger partial charge in [-0.2, -0.15) is 0 Å². The summed E-state index contributed by atoms with van der Waals surface area (Å²) in [6, 6.07) is 0.605. The molecule has 0 radical (unpaired) electrons. The fraction of sp³-hybridized carbons (Fsp3) is 0.571. The van der Waals surface area contributed by atoms with E-state index in [1.165, 1.54) is 12.0 Å². The fourth-order valence-electron chi connectivity index (χ4n) is 6.75. The van der Waals surface area contributed by atoms with Crippen LogP contribution in [0.2, 0.25) is 0 Å². The first kappa shape index (κ1) is 28.6. The average Bonchev–Trinajstić information content (AvgIpc) is 2.80. The number of aliphatic hydroxyl groups is 1. The molecule has 1 aromatic rings. The third kappa shape index (κ3) is 4.01. The van der Waals surface area contributed by atoms with Gasteiger partial charge < -0.3 is 20.8 Å². The summed E-state index contributed by atoms with van der Waals surface area (Å²) in [5.41, 5.74) is 3.92. The van der Waals surface area contributed by atoms with Crippen molar-refractivity contribution in [2.75, 3.05) is 21.2 Å². The van der Waals surface area contributed by atoms with Crippen molar-refractivity contribution in [2.45, 2.75) is 57.6 Å². The smallest absolute Gasteiger partial charge is 0.235 e. The molecule has 0 spiro atoms. The summed E-state index contributed by atoms with van der Waals surface area (Å²) in [5.74, 6) is -10.7. The topological polar surface area (TPSA) is 177 Å². The van der Waals surface area contributed by atoms with Crippen LogP contribution >= 0.6 is 0 Å². The SMILES string of the molecule is CON=C(C)c1cc(C(C)(C)C)c(O)c2c1C[C@@H]1C[C@@H]3[C@@H](N(C)C)C(=O)C(C(N)=O)C(=O)[C@]3(O)C(=O)C1C2=O. The van der Waals surface area contributed by atoms with Gasteiger partial charge in [0, 0.05) is 17.0 Å². The van der Waals surface area contributed by atoms with Crippen LogP contribution in [0.1, 0.15) is 61.2 Å². The van der Waals surface area contributed by atoms with Gasteiger partial charge in [0.15, 0.2) is 34.7 Å². The van der Waals surface area contributed by atoms with Crippen LogP contribution in [-0.4, -0.2) is 82.7 Å². The Morgan fingerprint density at radius 3 is 2.31 bits per heavy atom. The molecule has 4 N–H and O–H groups in total. The molecule has 39 heavy (non-hydrogen) atoms. The zero-order chi connectivity index (χ0) is 29.4. The van der Waals surface area contributed by atoms with Gasteiger partial charge in [0.1, 0.15) is 12.9 Å². The van der Waals surface area contributed by atoms with Crippen LogP contribution in [0.5, 0.6) is 5.75 Å². The van der Waals surface area contributed by atoms with E-state index in [0.717, 1.165) is 0 Å². The Morgan fingerprint density at radius 2 is 1.79 bits per heavy atom. The van der Waals surface area contributed by atoms with Crippen LogP contribution < -0.4 is 5.73 Å². The molecule has 3 aliphatic carbocycles. The Morgan fingerprint density at radius 1 is 1.18 bits per heavy atom. The van der Waals surface area contributed by atoms with Crippen molar-refractivity contribution in [1.29, 1.82) is 0 Å². The first-order chi connectivity index (χ1) is 18.0. The number of fused-ring (bicyclic) bond motifs is 3. The summed E-state index contributed by atoms with van der Waals surface area (Å²) in [5, 5.41) is 27.1. The quantitative estimate of drug-likeness (QED) is 0.279. The second kappa shape index (κ2) is 9.34. The number of Topliss-reactive ketones (excluding diaryl/α,β-unsaturated/α-hetero) is 4. The molecule has 0 saturated heterocycles. The Kier molecular flexibility index (Phi) is 6.84. The van der Waals surface area contributed by atoms with Gasteiger partial charge in [-0.15, -0.1) is 0 Å². The van der Waals surface area contributed by atoms with E-state index < -0.39 is 69.8 Å². The Balaban J connectivity index is 1.95. The molecule has 2 fully saturated rings. The average molecular weight is 542 g/mol. The highest BCUT2D eigenvalue weighted by molar-refractivity contribution is 6.32. The van der Waals surface area contributed by atoms with Crippen molar-refractivity contribution in [3.8, 4) is 5.75 Å². The number of carbonyl (C=O) groups excluding carboxylic acids is 5. The number of ketones is 4. The normalized spacial score (nSPS) is 31.1. The van der Waals surface area contributed by atoms with Crippen molar-refractivity contribution in [3.63, 3.8) is 0 Å². The summed E-state index contributed by atoms with van der Waals surface area (Å²) in [7, 11) is 4.48. The molecule has 11 heteroatoms. The monoisotopic (exact) mass is 541 g/mol. The van der Waals surface area contributed by atoms with Crippen molar-refractivity contribution in [3.05, 3.63) is 28.3 Å². The number of phenols is 1. The lowest BCUT2D eigenvalue weighted by Gasteiger charge is -2.52. The number of amides is 1. The fourth-order valence-corrected chi connectivity index (χ4v) is 6.75. The van der Waals surface area contributed by atoms with Crippen LogP contribution in [0.25, 0.3) is 0 Å². The number of nitrogens with two attached hydrogens (primary N) is 1. The van der Waals surface area contributed by atoms with E-state index in [4.69, 9.17) is 10.6 Å². The lowest BCUT2D eigenvalue weighted by Crippen LogP contribution is -2.74. The predicted molar refractivity (Wildman–Crippen MR) is 139 cm³/mol. The van der Waals surface area contributed by atoms with Gasteiger partial charge >= 0.3 is 0 Å². The molecule has 0 bridgehead atoms. The second-order valence-corrected chi connectivity index (χ2v) is 12.1. The van der Waals surface area contributed by atoms with Crippen molar-refractivity contribution < 1.29 is 39.0 Å². The largest absolute Gasteiger partial charge is 0.507 e. The first-order valence-electron chi connectivity index (χ1n) is 12.8. The second-order valence-electron chi connectivity index (χ2n) is 12.1. The maximum absolute atomic E-state index is 14.1. The molecule has 6 atom stereocenters. The molecular weight excluding hydrogens is 506 g/mol. The molecule has 0 aliphatic heterocycles. The van der Waals surface area contributed by atoms with Crippen LogP contribution in [0.3, 0.4) is 0 Å². The number of likely N-dealkylation sites (N-methyl/N-ethyl adjacent to an activating group) is 1. The van der Waals surface area contributed by atoms with Crippen LogP contribution in [-0.2, 0) is 35.9 Å². The summed E-state index contributed by atoms with van der Waals surface area (Å²) < 4.78 is 0. The summed E-state index contributed by atoms with van der Waals surface area (Å²) in [6.07, 6.45) is 0.126. The number of primary amides is 1. The molecule has 4 rings (SSSR count). The zero-order valence-electron chi connectivity index (χ0n) is 23.2. The lowest BCUT2D eigenvalue weighted by atomic mass is 9.52. The van der Waals surface area contributed by atoms with Crippen molar-refractivity contribution >= 4 is 34.8 Å². The minimum atomic E-state index is -2.76. The highest BCUT2D eigenvalue weighted by Crippen LogP contribution is 2.52. The standard InChI is InChI=1S/C28H35N3O8/c1-11(30-39-7)13-10-16(27(2,3)4)21(32)18-14(13)8-12-9-15-20(31(5)6)23(34)19(26(29)37)25(36)28(15,38)24(35)17(12)22(18)33/h10,12,15,17,19-20,32,38H,8-9H2,1-7H3,(H2,29,37)/t12-,15-,17?,19?,20-,28-/m1/s1. The van der Waals surface area contributed by atoms with Gasteiger partial charge in [-0.05, 0) is 56.8 Å². The predicted octanol–water partition coefficient (Wildman–Crippen LogP) is 0.535. The van der Waals surface area contributed by atoms with E-state index in [9.17, 15) is 34.2 Å². The maximum atomic E-state index is 14.1. The number of nitrogens with zero attached hydrogens (tertiary/aromatic N) is 2. The third-order valence-corrected chi connectivity index (χ3v) is 8.49. The van der Waals surface area contributed by atoms with E-state index >= 15 is 0 Å². The molecule has 0 heterocycles. The van der Waals surface area contributed by atoms with Crippen molar-refractivity contribution in [2.24, 2.45) is 34.6 Å². The van der Waals surface area contributed by atoms with E-state index in [0.29, 0.717) is 22.4 Å². The highest BCUT2D eigenvalue weighted by Gasteiger charge is 2.69. The minimum Gasteiger partial charge on any atom is -0.507 e. The van der Waals surface area contributed by atoms with Gasteiger partial charge in [-0.1, -0.05) is 25.9 Å². The Bertz CT molecular complexity index is 1340. The number of aromatic hydroxyl groups is 1. The molecule has 3 aliphatic rings. The number of rotatable bonds is 4. The Hall–Kier alpha value is -3.44. The lowest BCUT2D eigenvalue weighted by molar-refractivity contribution is -0.181. The van der Waals surface area contributed by atoms with Crippen LogP contribution in [0.15, 0.2) is 11.2 Å². The number of hydrogen-bond acceptors (Lipinski definition) is 10. The van der Waals surface area contributed by atoms with Gasteiger partial charge in [-0.3, -0.25) is 28.9 Å². The summed E-state index contributed by atoms with van der Waals surface area (Å²) >= 11 is 0. The number of benzene rings is 1. The van der Waals surface area contributed by atoms with E-state index in [1.54, 1.807) is 27.1 Å². The zero-order valence-corrected chi connectivity index (χ0v) is 23.2. The number of carbonyl (C=O) groups is 5. The first-order valence-corrected chi connectivity index (χ1v) is 12.8. The van der Waals surface area contributed by atoms with Crippen molar-refractivity contribution in [1.82, 2.24) is 4.90 Å². The number of hydrogen-bond donors (Lipinski definition) is 3. The maximum Gasteiger partial charge on any atom is 0.235 e. The Labute approximate surface area is 226 Å². The highest BCUT2D eigenvalue weighted by atomic mass is 16.6. The van der Waals surface area contributed by atoms with Gasteiger partial charge in [0.25, 0.3) is 0 Å². The molecule has 2 unspecified atom stereocenters. The third-order valence-electron chi connectivity index (χ3n) is 8.49. The van der Waals surface area contributed by atoms with Crippen LogP contribution in [0.4, 0.5) is 0 Å². The summed E-state index contributed by atoms with van der Waals surface area (Å²) in [6.45, 7) is 7.28. The molecule has 2 saturated carbocycles.